The van der Waals surface area contributed by atoms with Crippen LogP contribution in [0.3, 0.4) is 0 Å². The predicted octanol–water partition coefficient (Wildman–Crippen LogP) is 2.21. The number of hydrogen-bond acceptors (Lipinski definition) is 3. The first-order valence-electron chi connectivity index (χ1n) is 5.77. The van der Waals surface area contributed by atoms with Crippen molar-refractivity contribution in [1.29, 1.82) is 0 Å². The van der Waals surface area contributed by atoms with Gasteiger partial charge in [-0.2, -0.15) is 0 Å². The summed E-state index contributed by atoms with van der Waals surface area (Å²) in [6.07, 6.45) is 5.05. The molecule has 0 saturated carbocycles. The zero-order valence-electron chi connectivity index (χ0n) is 11.5. The highest BCUT2D eigenvalue weighted by molar-refractivity contribution is 5.04. The maximum atomic E-state index is 8.91. The maximum Gasteiger partial charge on any atom is 0.0663 e. The Labute approximate surface area is 96.0 Å². The van der Waals surface area contributed by atoms with Crippen molar-refractivity contribution in [2.75, 3.05) is 20.7 Å². The molecule has 0 fully saturated rings. The van der Waals surface area contributed by atoms with Crippen LogP contribution in [0.2, 0.25) is 0 Å². The topological polar surface area (TPSA) is 49.5 Å². The fourth-order valence-corrected chi connectivity index (χ4v) is 0.965. The van der Waals surface area contributed by atoms with Crippen LogP contribution in [0.4, 0.5) is 0 Å². The lowest BCUT2D eigenvalue weighted by Gasteiger charge is -2.30. The molecule has 0 aliphatic carbocycles. The number of aliphatic hydroxyl groups excluding tert-OH is 1. The lowest BCUT2D eigenvalue weighted by atomic mass is 10.0. The summed E-state index contributed by atoms with van der Waals surface area (Å²) in [5.74, 6) is 0. The molecule has 3 heteroatoms. The highest BCUT2D eigenvalue weighted by Gasteiger charge is 2.28. The fourth-order valence-electron chi connectivity index (χ4n) is 0.965. The Kier molecular flexibility index (Phi) is 17.9. The molecule has 1 atom stereocenters. The van der Waals surface area contributed by atoms with Crippen LogP contribution < -0.4 is 5.73 Å². The quantitative estimate of drug-likeness (QED) is 0.709. The standard InChI is InChI=1S/C7H13NO.2C2H6.CH5N/c1-7(6-9)4-3-5-8(7)2;3*1-2/h3,5,9H,4,6H2,1-2H3;2*1-2H3;2H2,1H3. The van der Waals surface area contributed by atoms with Crippen molar-refractivity contribution in [2.45, 2.75) is 46.6 Å². The zero-order valence-corrected chi connectivity index (χ0v) is 11.5. The summed E-state index contributed by atoms with van der Waals surface area (Å²) in [4.78, 5) is 2.05. The molecule has 0 aromatic carbocycles. The Balaban J connectivity index is -0.000000208. The Hall–Kier alpha value is -0.540. The summed E-state index contributed by atoms with van der Waals surface area (Å²) in [7, 11) is 3.49. The van der Waals surface area contributed by atoms with Crippen molar-refractivity contribution in [3.8, 4) is 0 Å². The van der Waals surface area contributed by atoms with Crippen molar-refractivity contribution in [2.24, 2.45) is 5.73 Å². The van der Waals surface area contributed by atoms with Gasteiger partial charge in [-0.15, -0.1) is 0 Å². The first kappa shape index (κ1) is 19.9. The van der Waals surface area contributed by atoms with Crippen molar-refractivity contribution >= 4 is 0 Å². The molecule has 94 valence electrons. The molecular weight excluding hydrogens is 188 g/mol. The summed E-state index contributed by atoms with van der Waals surface area (Å²) in [5, 5.41) is 8.91. The van der Waals surface area contributed by atoms with E-state index in [1.54, 1.807) is 0 Å². The molecule has 0 aromatic rings. The van der Waals surface area contributed by atoms with Crippen LogP contribution in [0.1, 0.15) is 41.0 Å². The number of hydrogen-bond donors (Lipinski definition) is 2. The molecule has 1 unspecified atom stereocenters. The lowest BCUT2D eigenvalue weighted by Crippen LogP contribution is -2.40. The summed E-state index contributed by atoms with van der Waals surface area (Å²) >= 11 is 0. The molecule has 3 N–H and O–H groups in total. The van der Waals surface area contributed by atoms with Gasteiger partial charge in [0.1, 0.15) is 0 Å². The molecule has 0 radical (unpaired) electrons. The summed E-state index contributed by atoms with van der Waals surface area (Å²) < 4.78 is 0. The van der Waals surface area contributed by atoms with E-state index in [0.29, 0.717) is 0 Å². The van der Waals surface area contributed by atoms with E-state index in [1.807, 2.05) is 52.8 Å². The molecule has 1 aliphatic heterocycles. The average molecular weight is 218 g/mol. The molecule has 0 saturated heterocycles. The van der Waals surface area contributed by atoms with Gasteiger partial charge in [-0.25, -0.2) is 0 Å². The van der Waals surface area contributed by atoms with E-state index in [4.69, 9.17) is 5.11 Å². The van der Waals surface area contributed by atoms with Gasteiger partial charge in [0.15, 0.2) is 0 Å². The van der Waals surface area contributed by atoms with Gasteiger partial charge >= 0.3 is 0 Å². The normalized spacial score (nSPS) is 21.5. The van der Waals surface area contributed by atoms with E-state index >= 15 is 0 Å². The molecule has 0 bridgehead atoms. The summed E-state index contributed by atoms with van der Waals surface area (Å²) in [5.41, 5.74) is 4.47. The largest absolute Gasteiger partial charge is 0.394 e. The molecule has 1 aliphatic rings. The number of nitrogens with zero attached hydrogens (tertiary/aromatic N) is 1. The Bertz CT molecular complexity index is 138. The third-order valence-electron chi connectivity index (χ3n) is 2.08. The molecular formula is C12H30N2O. The van der Waals surface area contributed by atoms with E-state index in [-0.39, 0.29) is 12.1 Å². The molecule has 0 spiro atoms. The van der Waals surface area contributed by atoms with Gasteiger partial charge in [-0.3, -0.25) is 0 Å². The van der Waals surface area contributed by atoms with Crippen molar-refractivity contribution in [3.63, 3.8) is 0 Å². The number of aliphatic hydroxyl groups is 1. The van der Waals surface area contributed by atoms with Crippen LogP contribution in [0.25, 0.3) is 0 Å². The first-order valence-corrected chi connectivity index (χ1v) is 5.77. The number of rotatable bonds is 1. The van der Waals surface area contributed by atoms with Gasteiger partial charge in [0.05, 0.1) is 12.1 Å². The minimum Gasteiger partial charge on any atom is -0.394 e. The van der Waals surface area contributed by atoms with Crippen LogP contribution >= 0.6 is 0 Å². The molecule has 1 rings (SSSR count). The van der Waals surface area contributed by atoms with Gasteiger partial charge < -0.3 is 15.7 Å². The van der Waals surface area contributed by atoms with E-state index in [2.05, 4.69) is 11.8 Å². The number of nitrogens with two attached hydrogens (primary N) is 1. The van der Waals surface area contributed by atoms with Gasteiger partial charge in [0, 0.05) is 7.05 Å². The molecule has 3 nitrogen and oxygen atoms in total. The fraction of sp³-hybridized carbons (Fsp3) is 0.833. The SMILES string of the molecule is CC.CC.CN.CN1C=CCC1(C)CO. The van der Waals surface area contributed by atoms with Gasteiger partial charge in [-0.1, -0.05) is 33.8 Å². The van der Waals surface area contributed by atoms with Gasteiger partial charge in [0.25, 0.3) is 0 Å². The third kappa shape index (κ3) is 7.40. The third-order valence-corrected chi connectivity index (χ3v) is 2.08. The Morgan fingerprint density at radius 1 is 1.27 bits per heavy atom. The van der Waals surface area contributed by atoms with Gasteiger partial charge in [-0.05, 0) is 26.6 Å². The molecule has 0 amide bonds. The second-order valence-electron chi connectivity index (χ2n) is 2.85. The van der Waals surface area contributed by atoms with Crippen molar-refractivity contribution in [3.05, 3.63) is 12.3 Å². The summed E-state index contributed by atoms with van der Waals surface area (Å²) in [6.45, 7) is 10.3. The Morgan fingerprint density at radius 3 is 1.80 bits per heavy atom. The highest BCUT2D eigenvalue weighted by Crippen LogP contribution is 2.23. The molecule has 15 heavy (non-hydrogen) atoms. The average Bonchev–Trinajstić information content (AvgIpc) is 2.68. The van der Waals surface area contributed by atoms with E-state index < -0.39 is 0 Å². The van der Waals surface area contributed by atoms with Crippen LogP contribution in [0, 0.1) is 0 Å². The second-order valence-corrected chi connectivity index (χ2v) is 2.85. The minimum atomic E-state index is -0.0278. The van der Waals surface area contributed by atoms with Crippen LogP contribution in [-0.2, 0) is 0 Å². The Morgan fingerprint density at radius 2 is 1.67 bits per heavy atom. The maximum absolute atomic E-state index is 8.91. The van der Waals surface area contributed by atoms with Crippen LogP contribution in [-0.4, -0.2) is 36.2 Å². The predicted molar refractivity (Wildman–Crippen MR) is 69.8 cm³/mol. The molecule has 0 aromatic heterocycles. The zero-order chi connectivity index (χ0) is 12.9. The first-order chi connectivity index (χ1) is 7.19. The second kappa shape index (κ2) is 13.5. The van der Waals surface area contributed by atoms with Gasteiger partial charge in [0.2, 0.25) is 0 Å². The highest BCUT2D eigenvalue weighted by atomic mass is 16.3. The molecule has 1 heterocycles. The smallest absolute Gasteiger partial charge is 0.0663 e. The van der Waals surface area contributed by atoms with Crippen LogP contribution in [0.5, 0.6) is 0 Å². The lowest BCUT2D eigenvalue weighted by molar-refractivity contribution is 0.115. The van der Waals surface area contributed by atoms with E-state index in [0.717, 1.165) is 6.42 Å². The van der Waals surface area contributed by atoms with E-state index in [9.17, 15) is 0 Å². The van der Waals surface area contributed by atoms with E-state index in [1.165, 1.54) is 7.05 Å². The monoisotopic (exact) mass is 218 g/mol. The van der Waals surface area contributed by atoms with Crippen molar-refractivity contribution < 1.29 is 5.11 Å². The number of likely N-dealkylation sites (N-methyl/N-ethyl adjacent to an activating group) is 1. The minimum absolute atomic E-state index is 0.0278. The van der Waals surface area contributed by atoms with Crippen LogP contribution in [0.15, 0.2) is 12.3 Å². The summed E-state index contributed by atoms with van der Waals surface area (Å²) in [6, 6.07) is 0. The van der Waals surface area contributed by atoms with Crippen molar-refractivity contribution in [1.82, 2.24) is 4.90 Å².